The van der Waals surface area contributed by atoms with Gasteiger partial charge < -0.3 is 4.74 Å². The van der Waals surface area contributed by atoms with Crippen LogP contribution in [0, 0.1) is 17.1 Å². The third kappa shape index (κ3) is 4.23. The minimum Gasteiger partial charge on any atom is -0.444 e. The van der Waals surface area contributed by atoms with Gasteiger partial charge in [0.15, 0.2) is 0 Å². The molecule has 0 spiro atoms. The fraction of sp³-hybridized carbons (Fsp3) is 0.467. The standard InChI is InChI=1S/C15H19FN2O2/c1-14(2,3)20-13(19)18-12-7-6-10(8-11(12)16)15(4,5)9-17/h6-8H,1-5H3,(H,18,19). The van der Waals surface area contributed by atoms with E-state index in [1.165, 1.54) is 12.1 Å². The fourth-order valence-corrected chi connectivity index (χ4v) is 1.48. The highest BCUT2D eigenvalue weighted by Gasteiger charge is 2.22. The van der Waals surface area contributed by atoms with Gasteiger partial charge in [-0.15, -0.1) is 0 Å². The summed E-state index contributed by atoms with van der Waals surface area (Å²) in [7, 11) is 0. The second kappa shape index (κ2) is 5.49. The Morgan fingerprint density at radius 2 is 1.90 bits per heavy atom. The molecule has 0 aliphatic heterocycles. The Bertz CT molecular complexity index is 554. The summed E-state index contributed by atoms with van der Waals surface area (Å²) in [6.07, 6.45) is -0.719. The maximum atomic E-state index is 13.9. The minimum atomic E-state index is -0.786. The monoisotopic (exact) mass is 278 g/mol. The second-order valence-electron chi connectivity index (χ2n) is 6.06. The average molecular weight is 278 g/mol. The average Bonchev–Trinajstić information content (AvgIpc) is 2.29. The van der Waals surface area contributed by atoms with E-state index in [0.717, 1.165) is 0 Å². The summed E-state index contributed by atoms with van der Waals surface area (Å²) in [6, 6.07) is 6.38. The van der Waals surface area contributed by atoms with Gasteiger partial charge in [-0.3, -0.25) is 5.32 Å². The first kappa shape index (κ1) is 16.0. The van der Waals surface area contributed by atoms with E-state index in [-0.39, 0.29) is 5.69 Å². The molecule has 20 heavy (non-hydrogen) atoms. The lowest BCUT2D eigenvalue weighted by Gasteiger charge is -2.20. The van der Waals surface area contributed by atoms with Gasteiger partial charge >= 0.3 is 6.09 Å². The number of nitrogens with zero attached hydrogens (tertiary/aromatic N) is 1. The van der Waals surface area contributed by atoms with E-state index in [1.54, 1.807) is 40.7 Å². The van der Waals surface area contributed by atoms with Gasteiger partial charge in [-0.05, 0) is 52.3 Å². The van der Waals surface area contributed by atoms with Crippen LogP contribution in [0.3, 0.4) is 0 Å². The van der Waals surface area contributed by atoms with Gasteiger partial charge in [0.1, 0.15) is 11.4 Å². The number of nitrogens with one attached hydrogen (secondary N) is 1. The van der Waals surface area contributed by atoms with Gasteiger partial charge in [-0.1, -0.05) is 6.07 Å². The van der Waals surface area contributed by atoms with Crippen molar-refractivity contribution in [2.24, 2.45) is 0 Å². The molecular formula is C15H19FN2O2. The van der Waals surface area contributed by atoms with Crippen molar-refractivity contribution in [3.8, 4) is 6.07 Å². The molecule has 0 radical (unpaired) electrons. The number of halogens is 1. The van der Waals surface area contributed by atoms with Crippen molar-refractivity contribution in [1.29, 1.82) is 5.26 Å². The summed E-state index contributed by atoms with van der Waals surface area (Å²) < 4.78 is 19.0. The molecule has 1 aromatic carbocycles. The molecule has 0 saturated carbocycles. The molecule has 0 aliphatic carbocycles. The Morgan fingerprint density at radius 1 is 1.30 bits per heavy atom. The van der Waals surface area contributed by atoms with E-state index < -0.39 is 22.9 Å². The lowest BCUT2D eigenvalue weighted by atomic mass is 9.86. The van der Waals surface area contributed by atoms with Crippen LogP contribution >= 0.6 is 0 Å². The van der Waals surface area contributed by atoms with E-state index in [9.17, 15) is 9.18 Å². The maximum Gasteiger partial charge on any atom is 0.412 e. The Morgan fingerprint density at radius 3 is 2.35 bits per heavy atom. The number of carbonyl (C=O) groups is 1. The predicted octanol–water partition coefficient (Wildman–Crippen LogP) is 3.97. The number of benzene rings is 1. The molecule has 4 nitrogen and oxygen atoms in total. The number of nitriles is 1. The van der Waals surface area contributed by atoms with Crippen LogP contribution < -0.4 is 5.32 Å². The van der Waals surface area contributed by atoms with Crippen molar-refractivity contribution < 1.29 is 13.9 Å². The van der Waals surface area contributed by atoms with Crippen LogP contribution in [-0.2, 0) is 10.2 Å². The molecular weight excluding hydrogens is 259 g/mol. The van der Waals surface area contributed by atoms with Crippen LogP contribution in [-0.4, -0.2) is 11.7 Å². The Balaban J connectivity index is 2.90. The molecule has 1 aromatic rings. The molecule has 0 heterocycles. The van der Waals surface area contributed by atoms with E-state index in [2.05, 4.69) is 11.4 Å². The summed E-state index contributed by atoms with van der Waals surface area (Å²) in [5.41, 5.74) is -0.863. The lowest BCUT2D eigenvalue weighted by Crippen LogP contribution is -2.27. The number of hydrogen-bond acceptors (Lipinski definition) is 3. The van der Waals surface area contributed by atoms with Crippen LogP contribution in [0.15, 0.2) is 18.2 Å². The van der Waals surface area contributed by atoms with Crippen molar-refractivity contribution in [1.82, 2.24) is 0 Å². The summed E-state index contributed by atoms with van der Waals surface area (Å²) in [6.45, 7) is 8.57. The molecule has 1 amide bonds. The molecule has 108 valence electrons. The van der Waals surface area contributed by atoms with Gasteiger partial charge in [0.25, 0.3) is 0 Å². The zero-order valence-electron chi connectivity index (χ0n) is 12.4. The summed E-state index contributed by atoms with van der Waals surface area (Å²) >= 11 is 0. The van der Waals surface area contributed by atoms with Crippen LogP contribution in [0.5, 0.6) is 0 Å². The molecule has 0 atom stereocenters. The summed E-state index contributed by atoms with van der Waals surface area (Å²) in [4.78, 5) is 11.6. The van der Waals surface area contributed by atoms with Gasteiger partial charge in [0, 0.05) is 0 Å². The van der Waals surface area contributed by atoms with Crippen molar-refractivity contribution >= 4 is 11.8 Å². The third-order valence-corrected chi connectivity index (χ3v) is 2.61. The molecule has 0 aromatic heterocycles. The van der Waals surface area contributed by atoms with E-state index in [0.29, 0.717) is 5.56 Å². The smallest absolute Gasteiger partial charge is 0.412 e. The Kier molecular flexibility index (Phi) is 4.39. The highest BCUT2D eigenvalue weighted by atomic mass is 19.1. The van der Waals surface area contributed by atoms with Gasteiger partial charge in [0.05, 0.1) is 17.2 Å². The SMILES string of the molecule is CC(C)(C)OC(=O)Nc1ccc(C(C)(C)C#N)cc1F. The molecule has 0 aliphatic rings. The van der Waals surface area contributed by atoms with Crippen LogP contribution in [0.25, 0.3) is 0 Å². The molecule has 0 bridgehead atoms. The molecule has 5 heteroatoms. The predicted molar refractivity (Wildman–Crippen MR) is 74.9 cm³/mol. The van der Waals surface area contributed by atoms with Crippen LogP contribution in [0.1, 0.15) is 40.2 Å². The van der Waals surface area contributed by atoms with Crippen molar-refractivity contribution in [3.05, 3.63) is 29.6 Å². The van der Waals surface area contributed by atoms with E-state index in [4.69, 9.17) is 10.00 Å². The number of amides is 1. The topological polar surface area (TPSA) is 62.1 Å². The first-order valence-electron chi connectivity index (χ1n) is 6.26. The molecule has 0 saturated heterocycles. The minimum absolute atomic E-state index is 0.0248. The Labute approximate surface area is 118 Å². The van der Waals surface area contributed by atoms with Crippen molar-refractivity contribution in [3.63, 3.8) is 0 Å². The first-order chi connectivity index (χ1) is 9.05. The Hall–Kier alpha value is -2.09. The van der Waals surface area contributed by atoms with Crippen LogP contribution in [0.4, 0.5) is 14.9 Å². The zero-order valence-corrected chi connectivity index (χ0v) is 12.4. The zero-order chi connectivity index (χ0) is 15.6. The van der Waals surface area contributed by atoms with Crippen molar-refractivity contribution in [2.45, 2.75) is 45.6 Å². The molecule has 0 unspecified atom stereocenters. The molecule has 0 fully saturated rings. The molecule has 1 N–H and O–H groups in total. The highest BCUT2D eigenvalue weighted by molar-refractivity contribution is 5.85. The number of carbonyl (C=O) groups excluding carboxylic acids is 1. The van der Waals surface area contributed by atoms with Gasteiger partial charge in [0.2, 0.25) is 0 Å². The summed E-state index contributed by atoms with van der Waals surface area (Å²) in [5.74, 6) is -0.600. The van der Waals surface area contributed by atoms with Gasteiger partial charge in [-0.25, -0.2) is 9.18 Å². The van der Waals surface area contributed by atoms with E-state index >= 15 is 0 Å². The van der Waals surface area contributed by atoms with Gasteiger partial charge in [-0.2, -0.15) is 5.26 Å². The summed E-state index contributed by atoms with van der Waals surface area (Å²) in [5, 5.41) is 11.4. The quantitative estimate of drug-likeness (QED) is 0.890. The largest absolute Gasteiger partial charge is 0.444 e. The molecule has 1 rings (SSSR count). The fourth-order valence-electron chi connectivity index (χ4n) is 1.48. The number of ether oxygens (including phenoxy) is 1. The number of rotatable bonds is 2. The number of anilines is 1. The van der Waals surface area contributed by atoms with E-state index in [1.807, 2.05) is 0 Å². The highest BCUT2D eigenvalue weighted by Crippen LogP contribution is 2.26. The van der Waals surface area contributed by atoms with Crippen molar-refractivity contribution in [2.75, 3.05) is 5.32 Å². The first-order valence-corrected chi connectivity index (χ1v) is 6.26. The normalized spacial score (nSPS) is 11.7. The van der Waals surface area contributed by atoms with Crippen LogP contribution in [0.2, 0.25) is 0 Å². The second-order valence-corrected chi connectivity index (χ2v) is 6.06. The lowest BCUT2D eigenvalue weighted by molar-refractivity contribution is 0.0635. The maximum absolute atomic E-state index is 13.9. The third-order valence-electron chi connectivity index (χ3n) is 2.61. The number of hydrogen-bond donors (Lipinski definition) is 1.